The topological polar surface area (TPSA) is 76.5 Å². The van der Waals surface area contributed by atoms with E-state index in [1.807, 2.05) is 6.92 Å². The van der Waals surface area contributed by atoms with E-state index < -0.39 is 5.97 Å². The maximum atomic E-state index is 11.0. The van der Waals surface area contributed by atoms with E-state index in [9.17, 15) is 4.79 Å². The third-order valence-electron chi connectivity index (χ3n) is 2.34. The van der Waals surface area contributed by atoms with Crippen LogP contribution in [0.2, 0.25) is 0 Å². The Morgan fingerprint density at radius 1 is 1.62 bits per heavy atom. The van der Waals surface area contributed by atoms with Crippen LogP contribution >= 0.6 is 11.3 Å². The van der Waals surface area contributed by atoms with Gasteiger partial charge in [0.15, 0.2) is 0 Å². The lowest BCUT2D eigenvalue weighted by molar-refractivity contribution is 0.0703. The molecule has 0 aliphatic heterocycles. The van der Waals surface area contributed by atoms with E-state index in [1.165, 1.54) is 0 Å². The minimum absolute atomic E-state index is 0.184. The third kappa shape index (κ3) is 1.59. The molecular weight excluding hydrogens is 226 g/mol. The number of anilines is 1. The molecule has 0 saturated heterocycles. The Labute approximate surface area is 96.3 Å². The molecular formula is C11H11NO3S. The monoisotopic (exact) mass is 237 g/mol. The number of thiophene rings is 1. The number of carboxylic acids is 1. The molecule has 0 bridgehead atoms. The van der Waals surface area contributed by atoms with Crippen molar-refractivity contribution in [1.82, 2.24) is 0 Å². The van der Waals surface area contributed by atoms with Gasteiger partial charge in [-0.1, -0.05) is 6.92 Å². The van der Waals surface area contributed by atoms with Crippen molar-refractivity contribution in [2.24, 2.45) is 0 Å². The van der Waals surface area contributed by atoms with Gasteiger partial charge in [-0.05, 0) is 24.1 Å². The molecule has 5 heteroatoms. The van der Waals surface area contributed by atoms with Gasteiger partial charge < -0.3 is 15.3 Å². The molecule has 3 N–H and O–H groups in total. The number of nitrogen functional groups attached to an aromatic ring is 1. The zero-order valence-corrected chi connectivity index (χ0v) is 9.50. The molecule has 2 heterocycles. The van der Waals surface area contributed by atoms with Gasteiger partial charge in [-0.2, -0.15) is 0 Å². The molecule has 0 aliphatic carbocycles. The van der Waals surface area contributed by atoms with Gasteiger partial charge in [-0.15, -0.1) is 11.3 Å². The van der Waals surface area contributed by atoms with E-state index in [0.717, 1.165) is 21.8 Å². The highest BCUT2D eigenvalue weighted by atomic mass is 32.1. The quantitative estimate of drug-likeness (QED) is 0.860. The summed E-state index contributed by atoms with van der Waals surface area (Å²) in [6, 6.07) is 3.57. The number of carbonyl (C=O) groups is 1. The normalized spacial score (nSPS) is 10.6. The molecule has 84 valence electrons. The Kier molecular flexibility index (Phi) is 2.70. The number of aromatic carboxylic acids is 1. The summed E-state index contributed by atoms with van der Waals surface area (Å²) in [7, 11) is 0. The fourth-order valence-corrected chi connectivity index (χ4v) is 2.71. The number of rotatable bonds is 3. The fourth-order valence-electron chi connectivity index (χ4n) is 1.59. The van der Waals surface area contributed by atoms with E-state index in [2.05, 4.69) is 0 Å². The Balaban J connectivity index is 2.62. The molecule has 4 nitrogen and oxygen atoms in total. The predicted octanol–water partition coefficient (Wildman–Crippen LogP) is 2.85. The Bertz CT molecular complexity index is 514. The van der Waals surface area contributed by atoms with Gasteiger partial charge >= 0.3 is 5.97 Å². The minimum Gasteiger partial charge on any atom is -0.477 e. The van der Waals surface area contributed by atoms with E-state index in [0.29, 0.717) is 17.9 Å². The second-order valence-electron chi connectivity index (χ2n) is 3.29. The molecule has 0 unspecified atom stereocenters. The number of hydrogen-bond acceptors (Lipinski definition) is 4. The first-order valence-electron chi connectivity index (χ1n) is 4.83. The first-order chi connectivity index (χ1) is 7.65. The lowest BCUT2D eigenvalue weighted by Gasteiger charge is -1.98. The van der Waals surface area contributed by atoms with Crippen molar-refractivity contribution in [2.75, 3.05) is 5.73 Å². The van der Waals surface area contributed by atoms with Gasteiger partial charge in [0.1, 0.15) is 10.6 Å². The van der Waals surface area contributed by atoms with Gasteiger partial charge in [0, 0.05) is 0 Å². The summed E-state index contributed by atoms with van der Waals surface area (Å²) in [4.78, 5) is 12.0. The molecule has 0 aromatic carbocycles. The molecule has 2 aromatic rings. The molecule has 2 aromatic heterocycles. The summed E-state index contributed by atoms with van der Waals surface area (Å²) in [5.74, 6) is -0.323. The van der Waals surface area contributed by atoms with Crippen LogP contribution in [0.25, 0.3) is 10.6 Å². The maximum absolute atomic E-state index is 11.0. The highest BCUT2D eigenvalue weighted by Gasteiger charge is 2.21. The van der Waals surface area contributed by atoms with Crippen LogP contribution in [0.1, 0.15) is 22.2 Å². The summed E-state index contributed by atoms with van der Waals surface area (Å²) in [6.45, 7) is 1.94. The summed E-state index contributed by atoms with van der Waals surface area (Å²) >= 11 is 1.16. The Morgan fingerprint density at radius 3 is 2.88 bits per heavy atom. The average molecular weight is 237 g/mol. The van der Waals surface area contributed by atoms with Gasteiger partial charge in [0.2, 0.25) is 0 Å². The largest absolute Gasteiger partial charge is 0.477 e. The SMILES string of the molecule is CCc1c(-c2ccco2)sc(C(=O)O)c1N. The van der Waals surface area contributed by atoms with Crippen molar-refractivity contribution in [3.05, 3.63) is 28.8 Å². The van der Waals surface area contributed by atoms with Crippen LogP contribution in [0, 0.1) is 0 Å². The van der Waals surface area contributed by atoms with Gasteiger partial charge in [0.05, 0.1) is 16.8 Å². The molecule has 0 saturated carbocycles. The van der Waals surface area contributed by atoms with Crippen molar-refractivity contribution in [3.8, 4) is 10.6 Å². The van der Waals surface area contributed by atoms with E-state index in [1.54, 1.807) is 18.4 Å². The van der Waals surface area contributed by atoms with Crippen LogP contribution in [-0.4, -0.2) is 11.1 Å². The number of furan rings is 1. The summed E-state index contributed by atoms with van der Waals surface area (Å²) in [5, 5.41) is 9.00. The summed E-state index contributed by atoms with van der Waals surface area (Å²) < 4.78 is 5.27. The van der Waals surface area contributed by atoms with Crippen molar-refractivity contribution >= 4 is 23.0 Å². The highest BCUT2D eigenvalue weighted by Crippen LogP contribution is 2.39. The van der Waals surface area contributed by atoms with Crippen molar-refractivity contribution in [1.29, 1.82) is 0 Å². The van der Waals surface area contributed by atoms with Crippen LogP contribution in [-0.2, 0) is 6.42 Å². The van der Waals surface area contributed by atoms with Gasteiger partial charge in [-0.3, -0.25) is 0 Å². The lowest BCUT2D eigenvalue weighted by Crippen LogP contribution is -1.99. The molecule has 0 radical (unpaired) electrons. The van der Waals surface area contributed by atoms with Crippen LogP contribution in [0.3, 0.4) is 0 Å². The molecule has 0 atom stereocenters. The molecule has 2 rings (SSSR count). The third-order valence-corrected chi connectivity index (χ3v) is 3.59. The first-order valence-corrected chi connectivity index (χ1v) is 5.65. The lowest BCUT2D eigenvalue weighted by atomic mass is 10.1. The second kappa shape index (κ2) is 4.02. The maximum Gasteiger partial charge on any atom is 0.348 e. The molecule has 0 fully saturated rings. The standard InChI is InChI=1S/C11H11NO3S/c1-2-6-8(12)10(11(13)14)16-9(6)7-4-3-5-15-7/h3-5H,2,12H2,1H3,(H,13,14). The van der Waals surface area contributed by atoms with E-state index >= 15 is 0 Å². The fraction of sp³-hybridized carbons (Fsp3) is 0.182. The summed E-state index contributed by atoms with van der Waals surface area (Å²) in [6.07, 6.45) is 2.25. The number of nitrogens with two attached hydrogens (primary N) is 1. The molecule has 16 heavy (non-hydrogen) atoms. The Hall–Kier alpha value is -1.75. The zero-order chi connectivity index (χ0) is 11.7. The zero-order valence-electron chi connectivity index (χ0n) is 8.69. The second-order valence-corrected chi connectivity index (χ2v) is 4.31. The van der Waals surface area contributed by atoms with Crippen molar-refractivity contribution in [2.45, 2.75) is 13.3 Å². The highest BCUT2D eigenvalue weighted by molar-refractivity contribution is 7.18. The molecule has 0 aliphatic rings. The number of carboxylic acid groups (broad SMARTS) is 1. The first kappa shape index (κ1) is 10.8. The van der Waals surface area contributed by atoms with E-state index in [-0.39, 0.29) is 4.88 Å². The predicted molar refractivity (Wildman–Crippen MR) is 62.8 cm³/mol. The van der Waals surface area contributed by atoms with E-state index in [4.69, 9.17) is 15.3 Å². The molecule has 0 amide bonds. The molecule has 0 spiro atoms. The van der Waals surface area contributed by atoms with Gasteiger partial charge in [-0.25, -0.2) is 4.79 Å². The van der Waals surface area contributed by atoms with Crippen molar-refractivity contribution in [3.63, 3.8) is 0 Å². The van der Waals surface area contributed by atoms with Gasteiger partial charge in [0.25, 0.3) is 0 Å². The smallest absolute Gasteiger partial charge is 0.348 e. The van der Waals surface area contributed by atoms with Crippen LogP contribution in [0.4, 0.5) is 5.69 Å². The van der Waals surface area contributed by atoms with Crippen LogP contribution in [0.5, 0.6) is 0 Å². The summed E-state index contributed by atoms with van der Waals surface area (Å²) in [5.41, 5.74) is 7.01. The van der Waals surface area contributed by atoms with Crippen molar-refractivity contribution < 1.29 is 14.3 Å². The number of hydrogen-bond donors (Lipinski definition) is 2. The minimum atomic E-state index is -0.991. The van der Waals surface area contributed by atoms with Crippen LogP contribution in [0.15, 0.2) is 22.8 Å². The van der Waals surface area contributed by atoms with Crippen LogP contribution < -0.4 is 5.73 Å². The average Bonchev–Trinajstić information content (AvgIpc) is 2.83. The Morgan fingerprint density at radius 2 is 2.38 bits per heavy atom.